The lowest BCUT2D eigenvalue weighted by Gasteiger charge is -2.34. The molecular formula is C26H25FN4O3. The summed E-state index contributed by atoms with van der Waals surface area (Å²) in [5, 5.41) is 3.23. The lowest BCUT2D eigenvalue weighted by molar-refractivity contribution is -0.122. The Bertz CT molecular complexity index is 1190. The highest BCUT2D eigenvalue weighted by atomic mass is 19.1. The van der Waals surface area contributed by atoms with Crippen molar-refractivity contribution in [2.75, 3.05) is 13.1 Å². The monoisotopic (exact) mass is 460 g/mol. The van der Waals surface area contributed by atoms with Crippen LogP contribution in [0.3, 0.4) is 0 Å². The minimum absolute atomic E-state index is 0.00262. The van der Waals surface area contributed by atoms with Crippen LogP contribution in [0.15, 0.2) is 67.0 Å². The molecule has 0 bridgehead atoms. The number of ether oxygens (including phenoxy) is 1. The van der Waals surface area contributed by atoms with Crippen LogP contribution >= 0.6 is 0 Å². The minimum atomic E-state index is -0.576. The second-order valence-electron chi connectivity index (χ2n) is 8.86. The number of halogens is 1. The van der Waals surface area contributed by atoms with Crippen LogP contribution in [0.25, 0.3) is 0 Å². The first kappa shape index (κ1) is 22.0. The normalized spacial score (nSPS) is 22.3. The molecule has 0 radical (unpaired) electrons. The molecular weight excluding hydrogens is 435 g/mol. The van der Waals surface area contributed by atoms with Crippen molar-refractivity contribution in [1.29, 1.82) is 0 Å². The summed E-state index contributed by atoms with van der Waals surface area (Å²) in [5.41, 5.74) is 0.813. The molecule has 3 heterocycles. The fourth-order valence-corrected chi connectivity index (χ4v) is 5.01. The molecule has 7 nitrogen and oxygen atoms in total. The molecule has 1 spiro atoms. The zero-order chi connectivity index (χ0) is 23.5. The van der Waals surface area contributed by atoms with Crippen molar-refractivity contribution in [2.45, 2.75) is 37.1 Å². The van der Waals surface area contributed by atoms with E-state index in [0.717, 1.165) is 24.8 Å². The fourth-order valence-electron chi connectivity index (χ4n) is 5.01. The van der Waals surface area contributed by atoms with Gasteiger partial charge in [-0.05, 0) is 54.8 Å². The van der Waals surface area contributed by atoms with Gasteiger partial charge < -0.3 is 15.0 Å². The SMILES string of the molecule is O=C1CCCC[C@]2(CN(C(=O)c3cccc(Oc4ncccn4)c3)C[C@H]2c2ccc(F)cc2)N1. The van der Waals surface area contributed by atoms with Crippen LogP contribution in [-0.2, 0) is 4.79 Å². The predicted molar refractivity (Wildman–Crippen MR) is 123 cm³/mol. The number of carbonyl (C=O) groups excluding carboxylic acids is 2. The molecule has 8 heteroatoms. The van der Waals surface area contributed by atoms with Gasteiger partial charge in [-0.3, -0.25) is 9.59 Å². The molecule has 1 aromatic heterocycles. The molecule has 3 aromatic rings. The number of benzene rings is 2. The molecule has 0 unspecified atom stereocenters. The zero-order valence-corrected chi connectivity index (χ0v) is 18.6. The van der Waals surface area contributed by atoms with Gasteiger partial charge in [0.05, 0.1) is 5.54 Å². The summed E-state index contributed by atoms with van der Waals surface area (Å²) < 4.78 is 19.3. The first-order valence-electron chi connectivity index (χ1n) is 11.4. The number of nitrogens with one attached hydrogen (secondary N) is 1. The molecule has 2 fully saturated rings. The lowest BCUT2D eigenvalue weighted by Crippen LogP contribution is -2.52. The van der Waals surface area contributed by atoms with E-state index >= 15 is 0 Å². The van der Waals surface area contributed by atoms with Crippen molar-refractivity contribution in [3.05, 3.63) is 83.9 Å². The van der Waals surface area contributed by atoms with Crippen LogP contribution in [-0.4, -0.2) is 45.3 Å². The molecule has 2 aliphatic rings. The molecule has 1 N–H and O–H groups in total. The third-order valence-electron chi connectivity index (χ3n) is 6.60. The lowest BCUT2D eigenvalue weighted by atomic mass is 9.79. The molecule has 2 aromatic carbocycles. The number of amides is 2. The molecule has 2 saturated heterocycles. The number of carbonyl (C=O) groups is 2. The van der Waals surface area contributed by atoms with Crippen molar-refractivity contribution in [1.82, 2.24) is 20.2 Å². The van der Waals surface area contributed by atoms with E-state index in [-0.39, 0.29) is 29.6 Å². The van der Waals surface area contributed by atoms with Gasteiger partial charge in [-0.2, -0.15) is 0 Å². The van der Waals surface area contributed by atoms with Crippen molar-refractivity contribution in [2.24, 2.45) is 0 Å². The van der Waals surface area contributed by atoms with E-state index in [1.807, 2.05) is 0 Å². The van der Waals surface area contributed by atoms with Crippen LogP contribution < -0.4 is 10.1 Å². The molecule has 0 aliphatic carbocycles. The van der Waals surface area contributed by atoms with Gasteiger partial charge in [-0.1, -0.05) is 24.6 Å². The van der Waals surface area contributed by atoms with Crippen LogP contribution in [0.1, 0.15) is 47.5 Å². The van der Waals surface area contributed by atoms with Crippen molar-refractivity contribution >= 4 is 11.8 Å². The highest BCUT2D eigenvalue weighted by molar-refractivity contribution is 5.95. The summed E-state index contributed by atoms with van der Waals surface area (Å²) in [7, 11) is 0. The molecule has 2 atom stereocenters. The smallest absolute Gasteiger partial charge is 0.321 e. The topological polar surface area (TPSA) is 84.4 Å². The number of aromatic nitrogens is 2. The Hall–Kier alpha value is -3.81. The van der Waals surface area contributed by atoms with E-state index in [9.17, 15) is 14.0 Å². The second-order valence-corrected chi connectivity index (χ2v) is 8.86. The highest BCUT2D eigenvalue weighted by Crippen LogP contribution is 2.41. The van der Waals surface area contributed by atoms with E-state index in [1.54, 1.807) is 59.8 Å². The Morgan fingerprint density at radius 3 is 2.68 bits per heavy atom. The summed E-state index contributed by atoms with van der Waals surface area (Å²) in [6.07, 6.45) is 6.11. The molecule has 5 rings (SSSR count). The number of rotatable bonds is 4. The average Bonchev–Trinajstić information content (AvgIpc) is 3.10. The molecule has 2 aliphatic heterocycles. The van der Waals surface area contributed by atoms with Gasteiger partial charge in [-0.25, -0.2) is 14.4 Å². The number of hydrogen-bond acceptors (Lipinski definition) is 5. The van der Waals surface area contributed by atoms with Gasteiger partial charge in [0, 0.05) is 43.4 Å². The van der Waals surface area contributed by atoms with Crippen LogP contribution in [0.4, 0.5) is 4.39 Å². The standard InChI is InChI=1S/C26H25FN4O3/c27-20-10-8-18(9-11-20)22-16-31(17-26(22)12-2-1-7-23(32)30-26)24(33)19-5-3-6-21(15-19)34-25-28-13-4-14-29-25/h3-6,8-11,13-15,22H,1-2,7,12,16-17H2,(H,30,32)/t22-,26+/m0/s1. The minimum Gasteiger partial charge on any atom is -0.424 e. The van der Waals surface area contributed by atoms with Crippen molar-refractivity contribution in [3.63, 3.8) is 0 Å². The zero-order valence-electron chi connectivity index (χ0n) is 18.6. The average molecular weight is 461 g/mol. The first-order chi connectivity index (χ1) is 16.5. The van der Waals surface area contributed by atoms with Crippen molar-refractivity contribution < 1.29 is 18.7 Å². The summed E-state index contributed by atoms with van der Waals surface area (Å²) in [6.45, 7) is 0.824. The molecule has 0 saturated carbocycles. The van der Waals surface area contributed by atoms with Gasteiger partial charge in [0.1, 0.15) is 11.6 Å². The Morgan fingerprint density at radius 1 is 1.09 bits per heavy atom. The summed E-state index contributed by atoms with van der Waals surface area (Å²) in [4.78, 5) is 36.0. The van der Waals surface area contributed by atoms with Crippen LogP contribution in [0.2, 0.25) is 0 Å². The Balaban J connectivity index is 1.42. The number of nitrogens with zero attached hydrogens (tertiary/aromatic N) is 3. The molecule has 34 heavy (non-hydrogen) atoms. The highest BCUT2D eigenvalue weighted by Gasteiger charge is 2.50. The third kappa shape index (κ3) is 4.48. The maximum atomic E-state index is 13.6. The maximum absolute atomic E-state index is 13.6. The van der Waals surface area contributed by atoms with E-state index in [2.05, 4.69) is 15.3 Å². The van der Waals surface area contributed by atoms with Crippen LogP contribution in [0.5, 0.6) is 11.8 Å². The number of likely N-dealkylation sites (tertiary alicyclic amines) is 1. The van der Waals surface area contributed by atoms with Crippen LogP contribution in [0, 0.1) is 5.82 Å². The Labute approximate surface area is 197 Å². The molecule has 174 valence electrons. The fraction of sp³-hybridized carbons (Fsp3) is 0.308. The quantitative estimate of drug-likeness (QED) is 0.634. The summed E-state index contributed by atoms with van der Waals surface area (Å²) in [6, 6.07) is 15.2. The second kappa shape index (κ2) is 9.21. The largest absolute Gasteiger partial charge is 0.424 e. The van der Waals surface area contributed by atoms with Gasteiger partial charge in [0.15, 0.2) is 0 Å². The van der Waals surface area contributed by atoms with E-state index in [4.69, 9.17) is 4.74 Å². The van der Waals surface area contributed by atoms with Gasteiger partial charge in [-0.15, -0.1) is 0 Å². The maximum Gasteiger partial charge on any atom is 0.321 e. The van der Waals surface area contributed by atoms with Gasteiger partial charge >= 0.3 is 6.01 Å². The first-order valence-corrected chi connectivity index (χ1v) is 11.4. The van der Waals surface area contributed by atoms with Gasteiger partial charge in [0.25, 0.3) is 5.91 Å². The summed E-state index contributed by atoms with van der Waals surface area (Å²) >= 11 is 0. The Kier molecular flexibility index (Phi) is 5.96. The van der Waals surface area contributed by atoms with E-state index in [1.165, 1.54) is 12.1 Å². The van der Waals surface area contributed by atoms with E-state index < -0.39 is 5.54 Å². The van der Waals surface area contributed by atoms with Gasteiger partial charge in [0.2, 0.25) is 5.91 Å². The molecule has 2 amide bonds. The predicted octanol–water partition coefficient (Wildman–Crippen LogP) is 4.08. The Morgan fingerprint density at radius 2 is 1.88 bits per heavy atom. The van der Waals surface area contributed by atoms with E-state index in [0.29, 0.717) is 30.8 Å². The van der Waals surface area contributed by atoms with Crippen molar-refractivity contribution in [3.8, 4) is 11.8 Å². The third-order valence-corrected chi connectivity index (χ3v) is 6.60. The number of hydrogen-bond donors (Lipinski definition) is 1. The summed E-state index contributed by atoms with van der Waals surface area (Å²) in [5.74, 6) is -0.132.